The third-order valence-electron chi connectivity index (χ3n) is 4.95. The van der Waals surface area contributed by atoms with Crippen molar-refractivity contribution in [3.63, 3.8) is 0 Å². The molecule has 0 N–H and O–H groups in total. The second kappa shape index (κ2) is 7.21. The fraction of sp³-hybridized carbons (Fsp3) is 0.125. The van der Waals surface area contributed by atoms with Crippen LogP contribution in [0.15, 0.2) is 88.8 Å². The summed E-state index contributed by atoms with van der Waals surface area (Å²) < 4.78 is 26.5. The third kappa shape index (κ3) is 3.32. The third-order valence-corrected chi connectivity index (χ3v) is 6.60. The van der Waals surface area contributed by atoms with Gasteiger partial charge in [0.2, 0.25) is 9.84 Å². The molecular weight excluding hydrogens is 366 g/mol. The zero-order chi connectivity index (χ0) is 19.7. The average molecular weight is 388 g/mol. The number of aromatic nitrogens is 1. The highest BCUT2D eigenvalue weighted by molar-refractivity contribution is 7.91. The van der Waals surface area contributed by atoms with E-state index in [1.54, 1.807) is 30.3 Å². The molecule has 1 aromatic heterocycles. The minimum Gasteiger partial charge on any atom is -0.236 e. The van der Waals surface area contributed by atoms with Gasteiger partial charge in [0, 0.05) is 5.39 Å². The van der Waals surface area contributed by atoms with Crippen LogP contribution in [0.4, 0.5) is 0 Å². The molecule has 0 amide bonds. The summed E-state index contributed by atoms with van der Waals surface area (Å²) >= 11 is 0. The second-order valence-corrected chi connectivity index (χ2v) is 8.79. The molecular formula is C24H21NO2S. The van der Waals surface area contributed by atoms with Gasteiger partial charge >= 0.3 is 0 Å². The summed E-state index contributed by atoms with van der Waals surface area (Å²) in [6, 6.07) is 24.5. The van der Waals surface area contributed by atoms with Gasteiger partial charge in [0.05, 0.1) is 10.4 Å². The Balaban J connectivity index is 1.99. The van der Waals surface area contributed by atoms with Crippen molar-refractivity contribution in [1.82, 2.24) is 4.98 Å². The Morgan fingerprint density at radius 3 is 2.25 bits per heavy atom. The summed E-state index contributed by atoms with van der Waals surface area (Å²) in [6.45, 7) is 4.04. The number of nitrogens with zero attached hydrogens (tertiary/aromatic N) is 1. The zero-order valence-electron chi connectivity index (χ0n) is 15.9. The van der Waals surface area contributed by atoms with Crippen LogP contribution in [0, 0.1) is 6.92 Å². The number of sulfone groups is 1. The van der Waals surface area contributed by atoms with E-state index in [4.69, 9.17) is 0 Å². The smallest absolute Gasteiger partial charge is 0.223 e. The van der Waals surface area contributed by atoms with Crippen LogP contribution in [0.5, 0.6) is 0 Å². The predicted molar refractivity (Wildman–Crippen MR) is 113 cm³/mol. The SMILES string of the molecule is CCc1ccc2nc(S(=O)(=O)c3ccc(C)cc3)cc(-c3ccccc3)c2c1. The van der Waals surface area contributed by atoms with Gasteiger partial charge in [0.15, 0.2) is 5.03 Å². The lowest BCUT2D eigenvalue weighted by atomic mass is 9.99. The predicted octanol–water partition coefficient (Wildman–Crippen LogP) is 5.61. The van der Waals surface area contributed by atoms with E-state index in [0.717, 1.165) is 28.5 Å². The Morgan fingerprint density at radius 2 is 1.57 bits per heavy atom. The van der Waals surface area contributed by atoms with E-state index in [9.17, 15) is 8.42 Å². The molecule has 28 heavy (non-hydrogen) atoms. The Hall–Kier alpha value is -2.98. The van der Waals surface area contributed by atoms with Crippen molar-refractivity contribution in [3.8, 4) is 11.1 Å². The summed E-state index contributed by atoms with van der Waals surface area (Å²) in [6.07, 6.45) is 0.910. The highest BCUT2D eigenvalue weighted by atomic mass is 32.2. The standard InChI is InChI=1S/C24H21NO2S/c1-3-18-11-14-23-22(15-18)21(19-7-5-4-6-8-19)16-24(25-23)28(26,27)20-12-9-17(2)10-13-20/h4-16H,3H2,1-2H3. The molecule has 4 heteroatoms. The molecule has 0 radical (unpaired) electrons. The van der Waals surface area contributed by atoms with E-state index in [1.807, 2.05) is 49.4 Å². The number of rotatable bonds is 4. The van der Waals surface area contributed by atoms with Gasteiger partial charge in [-0.05, 0) is 60.4 Å². The fourth-order valence-corrected chi connectivity index (χ4v) is 4.53. The van der Waals surface area contributed by atoms with E-state index in [1.165, 1.54) is 5.56 Å². The number of pyridine rings is 1. The first kappa shape index (κ1) is 18.4. The zero-order valence-corrected chi connectivity index (χ0v) is 16.7. The van der Waals surface area contributed by atoms with Crippen molar-refractivity contribution in [2.24, 2.45) is 0 Å². The first-order valence-corrected chi connectivity index (χ1v) is 10.8. The van der Waals surface area contributed by atoms with Crippen LogP contribution in [0.2, 0.25) is 0 Å². The van der Waals surface area contributed by atoms with Gasteiger partial charge in [-0.3, -0.25) is 0 Å². The van der Waals surface area contributed by atoms with Crippen molar-refractivity contribution in [3.05, 3.63) is 90.0 Å². The fourth-order valence-electron chi connectivity index (χ4n) is 3.30. The Morgan fingerprint density at radius 1 is 0.857 bits per heavy atom. The van der Waals surface area contributed by atoms with Crippen molar-refractivity contribution >= 4 is 20.7 Å². The summed E-state index contributed by atoms with van der Waals surface area (Å²) in [7, 11) is -3.70. The van der Waals surface area contributed by atoms with Crippen LogP contribution in [-0.4, -0.2) is 13.4 Å². The lowest BCUT2D eigenvalue weighted by Gasteiger charge is -2.12. The quantitative estimate of drug-likeness (QED) is 0.457. The van der Waals surface area contributed by atoms with Crippen LogP contribution in [0.1, 0.15) is 18.1 Å². The molecule has 0 aliphatic rings. The largest absolute Gasteiger partial charge is 0.236 e. The maximum Gasteiger partial charge on any atom is 0.223 e. The van der Waals surface area contributed by atoms with E-state index < -0.39 is 9.84 Å². The number of aryl methyl sites for hydroxylation is 2. The van der Waals surface area contributed by atoms with Crippen LogP contribution in [-0.2, 0) is 16.3 Å². The molecule has 0 bridgehead atoms. The maximum atomic E-state index is 13.2. The van der Waals surface area contributed by atoms with E-state index in [-0.39, 0.29) is 9.92 Å². The molecule has 3 aromatic carbocycles. The molecule has 4 aromatic rings. The molecule has 1 heterocycles. The summed E-state index contributed by atoms with van der Waals surface area (Å²) in [5.74, 6) is 0. The highest BCUT2D eigenvalue weighted by Crippen LogP contribution is 2.32. The molecule has 0 saturated heterocycles. The van der Waals surface area contributed by atoms with E-state index in [0.29, 0.717) is 5.52 Å². The van der Waals surface area contributed by atoms with Gasteiger partial charge in [-0.1, -0.05) is 61.0 Å². The molecule has 0 fully saturated rings. The molecule has 0 atom stereocenters. The average Bonchev–Trinajstić information content (AvgIpc) is 2.73. The summed E-state index contributed by atoms with van der Waals surface area (Å²) in [5.41, 5.74) is 4.75. The van der Waals surface area contributed by atoms with Gasteiger partial charge < -0.3 is 0 Å². The van der Waals surface area contributed by atoms with Gasteiger partial charge in [-0.2, -0.15) is 0 Å². The molecule has 0 aliphatic carbocycles. The summed E-state index contributed by atoms with van der Waals surface area (Å²) in [5, 5.41) is 1.04. The second-order valence-electron chi connectivity index (χ2n) is 6.90. The lowest BCUT2D eigenvalue weighted by Crippen LogP contribution is -2.05. The minimum atomic E-state index is -3.70. The molecule has 140 valence electrons. The Bertz CT molecular complexity index is 1250. The minimum absolute atomic E-state index is 0.0759. The number of fused-ring (bicyclic) bond motifs is 1. The number of hydrogen-bond donors (Lipinski definition) is 0. The van der Waals surface area contributed by atoms with Crippen LogP contribution in [0.3, 0.4) is 0 Å². The molecule has 0 unspecified atom stereocenters. The lowest BCUT2D eigenvalue weighted by molar-refractivity contribution is 0.593. The van der Waals surface area contributed by atoms with Crippen molar-refractivity contribution in [2.75, 3.05) is 0 Å². The summed E-state index contributed by atoms with van der Waals surface area (Å²) in [4.78, 5) is 4.78. The topological polar surface area (TPSA) is 47.0 Å². The van der Waals surface area contributed by atoms with E-state index >= 15 is 0 Å². The highest BCUT2D eigenvalue weighted by Gasteiger charge is 2.21. The molecule has 3 nitrogen and oxygen atoms in total. The van der Waals surface area contributed by atoms with Crippen LogP contribution in [0.25, 0.3) is 22.0 Å². The first-order chi connectivity index (χ1) is 13.5. The van der Waals surface area contributed by atoms with Crippen molar-refractivity contribution < 1.29 is 8.42 Å². The molecule has 4 rings (SSSR count). The Labute approximate surface area is 165 Å². The van der Waals surface area contributed by atoms with Gasteiger partial charge in [0.1, 0.15) is 0 Å². The van der Waals surface area contributed by atoms with E-state index in [2.05, 4.69) is 18.0 Å². The number of benzene rings is 3. The molecule has 0 spiro atoms. The van der Waals surface area contributed by atoms with Crippen molar-refractivity contribution in [1.29, 1.82) is 0 Å². The van der Waals surface area contributed by atoms with Crippen LogP contribution < -0.4 is 0 Å². The Kier molecular flexibility index (Phi) is 4.73. The monoisotopic (exact) mass is 387 g/mol. The van der Waals surface area contributed by atoms with Crippen LogP contribution >= 0.6 is 0 Å². The maximum absolute atomic E-state index is 13.2. The van der Waals surface area contributed by atoms with Gasteiger partial charge in [0.25, 0.3) is 0 Å². The van der Waals surface area contributed by atoms with Crippen molar-refractivity contribution in [2.45, 2.75) is 30.2 Å². The molecule has 0 aliphatic heterocycles. The van der Waals surface area contributed by atoms with Gasteiger partial charge in [-0.15, -0.1) is 0 Å². The normalized spacial score (nSPS) is 11.6. The van der Waals surface area contributed by atoms with Gasteiger partial charge in [-0.25, -0.2) is 13.4 Å². The first-order valence-electron chi connectivity index (χ1n) is 9.30. The molecule has 0 saturated carbocycles. The number of hydrogen-bond acceptors (Lipinski definition) is 3.